The first kappa shape index (κ1) is 22.3. The summed E-state index contributed by atoms with van der Waals surface area (Å²) >= 11 is 18.2. The van der Waals surface area contributed by atoms with E-state index in [-0.39, 0.29) is 0 Å². The third kappa shape index (κ3) is 6.10. The van der Waals surface area contributed by atoms with Gasteiger partial charge in [0, 0.05) is 24.2 Å². The Balaban J connectivity index is 1.49. The van der Waals surface area contributed by atoms with Gasteiger partial charge in [0.25, 0.3) is 0 Å². The van der Waals surface area contributed by atoms with Crippen LogP contribution in [-0.2, 0) is 19.6 Å². The SMILES string of the molecule is S=C(Nc1cc(Cl)n(Cc2ccc(Cl)cc2)n1)N(Cc1ccccc1)Cc1ccccc1. The van der Waals surface area contributed by atoms with Crippen LogP contribution in [0.2, 0.25) is 10.2 Å². The van der Waals surface area contributed by atoms with Crippen LogP contribution in [0.4, 0.5) is 5.82 Å². The first-order valence-electron chi connectivity index (χ1n) is 10.2. The summed E-state index contributed by atoms with van der Waals surface area (Å²) in [6.07, 6.45) is 0. The Kier molecular flexibility index (Phi) is 7.43. The Morgan fingerprint density at radius 2 is 1.38 bits per heavy atom. The van der Waals surface area contributed by atoms with Gasteiger partial charge in [0.15, 0.2) is 10.9 Å². The molecule has 0 spiro atoms. The zero-order chi connectivity index (χ0) is 22.3. The zero-order valence-electron chi connectivity index (χ0n) is 17.3. The van der Waals surface area contributed by atoms with Crippen LogP contribution < -0.4 is 5.32 Å². The molecule has 0 aliphatic heterocycles. The van der Waals surface area contributed by atoms with Crippen molar-refractivity contribution in [3.05, 3.63) is 118 Å². The van der Waals surface area contributed by atoms with Gasteiger partial charge in [0.1, 0.15) is 5.15 Å². The van der Waals surface area contributed by atoms with Crippen LogP contribution in [0.15, 0.2) is 91.0 Å². The largest absolute Gasteiger partial charge is 0.340 e. The van der Waals surface area contributed by atoms with E-state index in [1.54, 1.807) is 10.7 Å². The lowest BCUT2D eigenvalue weighted by Gasteiger charge is -2.25. The van der Waals surface area contributed by atoms with E-state index in [1.165, 1.54) is 11.1 Å². The maximum atomic E-state index is 6.43. The second-order valence-corrected chi connectivity index (χ2v) is 8.60. The van der Waals surface area contributed by atoms with E-state index in [2.05, 4.69) is 39.6 Å². The predicted molar refractivity (Wildman–Crippen MR) is 136 cm³/mol. The number of nitrogens with one attached hydrogen (secondary N) is 1. The molecule has 0 aliphatic carbocycles. The van der Waals surface area contributed by atoms with E-state index in [0.717, 1.165) is 5.56 Å². The van der Waals surface area contributed by atoms with Crippen molar-refractivity contribution in [2.75, 3.05) is 5.32 Å². The minimum Gasteiger partial charge on any atom is -0.340 e. The van der Waals surface area contributed by atoms with Gasteiger partial charge in [-0.2, -0.15) is 5.10 Å². The van der Waals surface area contributed by atoms with Crippen molar-refractivity contribution in [3.8, 4) is 0 Å². The summed E-state index contributed by atoms with van der Waals surface area (Å²) in [4.78, 5) is 2.12. The van der Waals surface area contributed by atoms with Crippen LogP contribution in [0.3, 0.4) is 0 Å². The summed E-state index contributed by atoms with van der Waals surface area (Å²) in [6.45, 7) is 1.91. The van der Waals surface area contributed by atoms with Crippen LogP contribution in [0.1, 0.15) is 16.7 Å². The quantitative estimate of drug-likeness (QED) is 0.300. The van der Waals surface area contributed by atoms with Crippen molar-refractivity contribution in [1.82, 2.24) is 14.7 Å². The number of hydrogen-bond donors (Lipinski definition) is 1. The molecule has 0 unspecified atom stereocenters. The molecule has 1 aromatic heterocycles. The third-order valence-corrected chi connectivity index (χ3v) is 5.85. The van der Waals surface area contributed by atoms with Crippen molar-refractivity contribution >= 4 is 46.4 Å². The molecule has 4 aromatic rings. The maximum absolute atomic E-state index is 6.43. The van der Waals surface area contributed by atoms with E-state index in [9.17, 15) is 0 Å². The highest BCUT2D eigenvalue weighted by atomic mass is 35.5. The molecule has 4 rings (SSSR count). The second kappa shape index (κ2) is 10.6. The second-order valence-electron chi connectivity index (χ2n) is 7.39. The van der Waals surface area contributed by atoms with Crippen molar-refractivity contribution in [2.45, 2.75) is 19.6 Å². The van der Waals surface area contributed by atoms with Crippen LogP contribution >= 0.6 is 35.4 Å². The molecule has 0 bridgehead atoms. The van der Waals surface area contributed by atoms with Gasteiger partial charge in [-0.25, -0.2) is 4.68 Å². The highest BCUT2D eigenvalue weighted by Crippen LogP contribution is 2.19. The number of halogens is 2. The maximum Gasteiger partial charge on any atom is 0.175 e. The summed E-state index contributed by atoms with van der Waals surface area (Å²) in [5.74, 6) is 0.611. The zero-order valence-corrected chi connectivity index (χ0v) is 19.6. The van der Waals surface area contributed by atoms with Gasteiger partial charge < -0.3 is 10.2 Å². The Labute approximate surface area is 203 Å². The van der Waals surface area contributed by atoms with E-state index in [0.29, 0.717) is 40.7 Å². The number of hydrogen-bond acceptors (Lipinski definition) is 2. The minimum atomic E-state index is 0.530. The number of benzene rings is 3. The van der Waals surface area contributed by atoms with Crippen molar-refractivity contribution in [3.63, 3.8) is 0 Å². The Morgan fingerprint density at radius 3 is 1.94 bits per heavy atom. The molecule has 1 N–H and O–H groups in total. The van der Waals surface area contributed by atoms with Gasteiger partial charge >= 0.3 is 0 Å². The molecule has 0 saturated carbocycles. The summed E-state index contributed by atoms with van der Waals surface area (Å²) in [6, 6.07) is 29.9. The van der Waals surface area contributed by atoms with E-state index < -0.39 is 0 Å². The average molecular weight is 481 g/mol. The number of aromatic nitrogens is 2. The van der Waals surface area contributed by atoms with E-state index in [1.807, 2.05) is 60.7 Å². The lowest BCUT2D eigenvalue weighted by molar-refractivity contribution is 0.412. The summed E-state index contributed by atoms with van der Waals surface area (Å²) in [5, 5.41) is 9.67. The van der Waals surface area contributed by atoms with Gasteiger partial charge in [-0.1, -0.05) is 96.0 Å². The molecule has 0 amide bonds. The lowest BCUT2D eigenvalue weighted by atomic mass is 10.2. The normalized spacial score (nSPS) is 10.7. The third-order valence-electron chi connectivity index (χ3n) is 4.93. The monoisotopic (exact) mass is 480 g/mol. The molecule has 0 atom stereocenters. The first-order chi connectivity index (χ1) is 15.6. The molecule has 7 heteroatoms. The summed E-state index contributed by atoms with van der Waals surface area (Å²) in [7, 11) is 0. The number of thiocarbonyl (C=S) groups is 1. The van der Waals surface area contributed by atoms with Gasteiger partial charge in [-0.05, 0) is 41.0 Å². The number of anilines is 1. The topological polar surface area (TPSA) is 33.1 Å². The van der Waals surface area contributed by atoms with Gasteiger partial charge in [-0.15, -0.1) is 0 Å². The highest BCUT2D eigenvalue weighted by molar-refractivity contribution is 7.80. The van der Waals surface area contributed by atoms with Gasteiger partial charge in [0.05, 0.1) is 6.54 Å². The Bertz CT molecular complexity index is 1120. The predicted octanol–water partition coefficient (Wildman–Crippen LogP) is 6.64. The molecule has 4 nitrogen and oxygen atoms in total. The minimum absolute atomic E-state index is 0.530. The fraction of sp³-hybridized carbons (Fsp3) is 0.120. The average Bonchev–Trinajstić information content (AvgIpc) is 3.14. The fourth-order valence-electron chi connectivity index (χ4n) is 3.32. The smallest absolute Gasteiger partial charge is 0.175 e. The first-order valence-corrected chi connectivity index (χ1v) is 11.3. The van der Waals surface area contributed by atoms with Crippen LogP contribution in [0.5, 0.6) is 0 Å². The molecule has 32 heavy (non-hydrogen) atoms. The Hall–Kier alpha value is -2.86. The molecular weight excluding hydrogens is 459 g/mol. The standard InChI is InChI=1S/C25H22Cl2N4S/c26-22-13-11-21(12-14-22)18-31-23(27)15-24(29-31)28-25(32)30(16-19-7-3-1-4-8-19)17-20-9-5-2-6-10-20/h1-15H,16-18H2,(H,28,29,32). The van der Waals surface area contributed by atoms with Gasteiger partial charge in [-0.3, -0.25) is 0 Å². The molecule has 0 fully saturated rings. The fourth-order valence-corrected chi connectivity index (χ4v) is 3.89. The van der Waals surface area contributed by atoms with E-state index >= 15 is 0 Å². The molecule has 162 valence electrons. The molecule has 0 aliphatic rings. The van der Waals surface area contributed by atoms with Crippen LogP contribution in [0, 0.1) is 0 Å². The van der Waals surface area contributed by atoms with E-state index in [4.69, 9.17) is 35.4 Å². The molecular formula is C25H22Cl2N4S. The summed E-state index contributed by atoms with van der Waals surface area (Å²) in [5.41, 5.74) is 3.42. The summed E-state index contributed by atoms with van der Waals surface area (Å²) < 4.78 is 1.73. The number of nitrogens with zero attached hydrogens (tertiary/aromatic N) is 3. The van der Waals surface area contributed by atoms with Gasteiger partial charge in [0.2, 0.25) is 0 Å². The van der Waals surface area contributed by atoms with Crippen molar-refractivity contribution < 1.29 is 0 Å². The molecule has 0 radical (unpaired) electrons. The van der Waals surface area contributed by atoms with Crippen molar-refractivity contribution in [2.24, 2.45) is 0 Å². The number of rotatable bonds is 7. The Morgan fingerprint density at radius 1 is 0.812 bits per heavy atom. The molecule has 1 heterocycles. The molecule has 0 saturated heterocycles. The lowest BCUT2D eigenvalue weighted by Crippen LogP contribution is -2.34. The van der Waals surface area contributed by atoms with Crippen molar-refractivity contribution in [1.29, 1.82) is 0 Å². The van der Waals surface area contributed by atoms with Crippen LogP contribution in [0.25, 0.3) is 0 Å². The highest BCUT2D eigenvalue weighted by Gasteiger charge is 2.14. The van der Waals surface area contributed by atoms with Crippen LogP contribution in [-0.4, -0.2) is 19.8 Å². The molecule has 3 aromatic carbocycles.